The highest BCUT2D eigenvalue weighted by molar-refractivity contribution is 5.94. The van der Waals surface area contributed by atoms with E-state index in [0.29, 0.717) is 18.2 Å². The number of nitrogens with two attached hydrogens (primary N) is 1. The fourth-order valence-corrected chi connectivity index (χ4v) is 2.73. The van der Waals surface area contributed by atoms with Gasteiger partial charge in [-0.05, 0) is 52.0 Å². The standard InChI is InChI=1S/C18H30N4O.2ClH/c1-14(2)21-9-11-22(12-10-21)16-7-5-15(6-8-16)17(23)20-13-18(3,4)19;;/h5-8,14H,9-13,19H2,1-4H3,(H,20,23);2*1H. The molecule has 0 bridgehead atoms. The highest BCUT2D eigenvalue weighted by atomic mass is 35.5. The summed E-state index contributed by atoms with van der Waals surface area (Å²) in [7, 11) is 0. The van der Waals surface area contributed by atoms with Gasteiger partial charge in [-0.25, -0.2) is 0 Å². The summed E-state index contributed by atoms with van der Waals surface area (Å²) in [5.41, 5.74) is 7.36. The van der Waals surface area contributed by atoms with Crippen LogP contribution in [0.1, 0.15) is 38.1 Å². The van der Waals surface area contributed by atoms with Crippen molar-refractivity contribution >= 4 is 36.4 Å². The van der Waals surface area contributed by atoms with Crippen molar-refractivity contribution in [2.75, 3.05) is 37.6 Å². The first-order valence-corrected chi connectivity index (χ1v) is 8.42. The zero-order valence-corrected chi connectivity index (χ0v) is 17.3. The van der Waals surface area contributed by atoms with E-state index >= 15 is 0 Å². The van der Waals surface area contributed by atoms with Crippen LogP contribution in [0.2, 0.25) is 0 Å². The van der Waals surface area contributed by atoms with E-state index in [1.165, 1.54) is 5.69 Å². The quantitative estimate of drug-likeness (QED) is 0.810. The molecule has 0 unspecified atom stereocenters. The fourth-order valence-electron chi connectivity index (χ4n) is 2.73. The topological polar surface area (TPSA) is 61.6 Å². The van der Waals surface area contributed by atoms with Gasteiger partial charge in [-0.3, -0.25) is 9.69 Å². The van der Waals surface area contributed by atoms with Gasteiger partial charge in [0.15, 0.2) is 0 Å². The number of piperazine rings is 1. The lowest BCUT2D eigenvalue weighted by atomic mass is 10.1. The maximum Gasteiger partial charge on any atom is 0.251 e. The number of carbonyl (C=O) groups is 1. The smallest absolute Gasteiger partial charge is 0.251 e. The van der Waals surface area contributed by atoms with Crippen molar-refractivity contribution in [3.05, 3.63) is 29.8 Å². The molecule has 0 radical (unpaired) electrons. The first-order chi connectivity index (χ1) is 10.8. The molecule has 144 valence electrons. The molecule has 25 heavy (non-hydrogen) atoms. The molecule has 1 aliphatic rings. The van der Waals surface area contributed by atoms with Crippen LogP contribution in [0.4, 0.5) is 5.69 Å². The van der Waals surface area contributed by atoms with Crippen molar-refractivity contribution in [1.82, 2.24) is 10.2 Å². The van der Waals surface area contributed by atoms with Gasteiger partial charge in [-0.2, -0.15) is 0 Å². The zero-order valence-electron chi connectivity index (χ0n) is 15.6. The largest absolute Gasteiger partial charge is 0.369 e. The van der Waals surface area contributed by atoms with Crippen LogP contribution in [0.3, 0.4) is 0 Å². The molecule has 1 saturated heterocycles. The summed E-state index contributed by atoms with van der Waals surface area (Å²) in [4.78, 5) is 17.0. The van der Waals surface area contributed by atoms with Gasteiger partial charge >= 0.3 is 0 Å². The van der Waals surface area contributed by atoms with Gasteiger partial charge < -0.3 is 16.0 Å². The number of anilines is 1. The minimum absolute atomic E-state index is 0. The van der Waals surface area contributed by atoms with Crippen LogP contribution in [-0.4, -0.2) is 55.1 Å². The highest BCUT2D eigenvalue weighted by Gasteiger charge is 2.19. The van der Waals surface area contributed by atoms with Gasteiger partial charge in [-0.1, -0.05) is 0 Å². The number of hydrogen-bond acceptors (Lipinski definition) is 4. The van der Waals surface area contributed by atoms with Crippen LogP contribution in [0.5, 0.6) is 0 Å². The molecule has 0 spiro atoms. The number of hydrogen-bond donors (Lipinski definition) is 2. The Balaban J connectivity index is 0.00000288. The van der Waals surface area contributed by atoms with Crippen LogP contribution in [0.25, 0.3) is 0 Å². The van der Waals surface area contributed by atoms with Crippen molar-refractivity contribution in [3.8, 4) is 0 Å². The van der Waals surface area contributed by atoms with E-state index in [-0.39, 0.29) is 30.7 Å². The number of carbonyl (C=O) groups excluding carboxylic acids is 1. The predicted octanol–water partition coefficient (Wildman–Crippen LogP) is 2.53. The Kier molecular flexibility index (Phi) is 9.80. The molecule has 1 amide bonds. The Morgan fingerprint density at radius 2 is 1.64 bits per heavy atom. The molecule has 1 aliphatic heterocycles. The lowest BCUT2D eigenvalue weighted by Gasteiger charge is -2.38. The van der Waals surface area contributed by atoms with Gasteiger partial charge in [-0.15, -0.1) is 24.8 Å². The highest BCUT2D eigenvalue weighted by Crippen LogP contribution is 2.18. The van der Waals surface area contributed by atoms with Gasteiger partial charge in [0.2, 0.25) is 0 Å². The molecule has 0 atom stereocenters. The molecule has 7 heteroatoms. The molecule has 3 N–H and O–H groups in total. The Labute approximate surface area is 164 Å². The third kappa shape index (κ3) is 7.40. The average Bonchev–Trinajstić information content (AvgIpc) is 2.52. The fraction of sp³-hybridized carbons (Fsp3) is 0.611. The van der Waals surface area contributed by atoms with Crippen molar-refractivity contribution in [3.63, 3.8) is 0 Å². The second-order valence-electron chi connectivity index (χ2n) is 7.33. The zero-order chi connectivity index (χ0) is 17.0. The van der Waals surface area contributed by atoms with Crippen LogP contribution >= 0.6 is 24.8 Å². The first kappa shape index (κ1) is 24.0. The minimum atomic E-state index is -0.397. The summed E-state index contributed by atoms with van der Waals surface area (Å²) >= 11 is 0. The molecule has 0 aliphatic carbocycles. The number of benzene rings is 1. The molecule has 1 aromatic rings. The Bertz CT molecular complexity index is 521. The lowest BCUT2D eigenvalue weighted by Crippen LogP contribution is -2.48. The van der Waals surface area contributed by atoms with E-state index in [1.807, 2.05) is 38.1 Å². The summed E-state index contributed by atoms with van der Waals surface area (Å²) in [5, 5.41) is 2.87. The SMILES string of the molecule is CC(C)N1CCN(c2ccc(C(=O)NCC(C)(C)N)cc2)CC1.Cl.Cl. The summed E-state index contributed by atoms with van der Waals surface area (Å²) in [6.07, 6.45) is 0. The summed E-state index contributed by atoms with van der Waals surface area (Å²) < 4.78 is 0. The summed E-state index contributed by atoms with van der Waals surface area (Å²) in [5.74, 6) is -0.0697. The summed E-state index contributed by atoms with van der Waals surface area (Å²) in [6, 6.07) is 8.46. The van der Waals surface area contributed by atoms with Crippen LogP contribution in [0.15, 0.2) is 24.3 Å². The van der Waals surface area contributed by atoms with Gasteiger partial charge in [0, 0.05) is 55.6 Å². The second-order valence-corrected chi connectivity index (χ2v) is 7.33. The molecular formula is C18H32Cl2N4O. The third-order valence-electron chi connectivity index (χ3n) is 4.24. The maximum atomic E-state index is 12.1. The monoisotopic (exact) mass is 390 g/mol. The molecule has 1 fully saturated rings. The number of rotatable bonds is 5. The molecule has 0 saturated carbocycles. The van der Waals surface area contributed by atoms with Gasteiger partial charge in [0.25, 0.3) is 5.91 Å². The predicted molar refractivity (Wildman–Crippen MR) is 110 cm³/mol. The maximum absolute atomic E-state index is 12.1. The normalized spacial score (nSPS) is 15.4. The molecule has 5 nitrogen and oxygen atoms in total. The van der Waals surface area contributed by atoms with Crippen LogP contribution in [0, 0.1) is 0 Å². The van der Waals surface area contributed by atoms with Crippen molar-refractivity contribution in [2.24, 2.45) is 5.73 Å². The number of amides is 1. The second kappa shape index (κ2) is 10.2. The summed E-state index contributed by atoms with van der Waals surface area (Å²) in [6.45, 7) is 13.0. The van der Waals surface area contributed by atoms with E-state index in [4.69, 9.17) is 5.73 Å². The molecule has 1 heterocycles. The van der Waals surface area contributed by atoms with Crippen LogP contribution < -0.4 is 16.0 Å². The Morgan fingerprint density at radius 1 is 1.12 bits per heavy atom. The van der Waals surface area contributed by atoms with Crippen molar-refractivity contribution in [1.29, 1.82) is 0 Å². The van der Waals surface area contributed by atoms with E-state index in [9.17, 15) is 4.79 Å². The number of nitrogens with one attached hydrogen (secondary N) is 1. The first-order valence-electron chi connectivity index (χ1n) is 8.42. The Morgan fingerprint density at radius 3 is 2.08 bits per heavy atom. The van der Waals surface area contributed by atoms with Gasteiger partial charge in [0.1, 0.15) is 0 Å². The number of halogens is 2. The van der Waals surface area contributed by atoms with E-state index in [1.54, 1.807) is 0 Å². The molecule has 2 rings (SSSR count). The van der Waals surface area contributed by atoms with E-state index in [2.05, 4.69) is 29.0 Å². The van der Waals surface area contributed by atoms with E-state index < -0.39 is 5.54 Å². The lowest BCUT2D eigenvalue weighted by molar-refractivity contribution is 0.0946. The average molecular weight is 391 g/mol. The molecular weight excluding hydrogens is 359 g/mol. The number of nitrogens with zero attached hydrogens (tertiary/aromatic N) is 2. The molecule has 0 aromatic heterocycles. The minimum Gasteiger partial charge on any atom is -0.369 e. The van der Waals surface area contributed by atoms with E-state index in [0.717, 1.165) is 26.2 Å². The third-order valence-corrected chi connectivity index (χ3v) is 4.24. The Hall–Kier alpha value is -1.01. The van der Waals surface area contributed by atoms with Crippen molar-refractivity contribution in [2.45, 2.75) is 39.3 Å². The molecule has 1 aromatic carbocycles. The van der Waals surface area contributed by atoms with Gasteiger partial charge in [0.05, 0.1) is 0 Å². The van der Waals surface area contributed by atoms with Crippen LogP contribution in [-0.2, 0) is 0 Å². The van der Waals surface area contributed by atoms with Crippen molar-refractivity contribution < 1.29 is 4.79 Å².